The van der Waals surface area contributed by atoms with Gasteiger partial charge in [-0.3, -0.25) is 0 Å². The van der Waals surface area contributed by atoms with Crippen molar-refractivity contribution in [2.75, 3.05) is 0 Å². The third-order valence-corrected chi connectivity index (χ3v) is 2.16. The van der Waals surface area contributed by atoms with E-state index in [1.807, 2.05) is 0 Å². The van der Waals surface area contributed by atoms with Crippen LogP contribution >= 0.6 is 7.60 Å². The molecule has 1 saturated heterocycles. The van der Waals surface area contributed by atoms with Gasteiger partial charge in [0.2, 0.25) is 0 Å². The predicted octanol–water partition coefficient (Wildman–Crippen LogP) is -1.74. The Kier molecular flexibility index (Phi) is 3.66. The number of hydrogen-bond donors (Lipinski definition) is 0. The van der Waals surface area contributed by atoms with Crippen molar-refractivity contribution in [2.24, 2.45) is 0 Å². The van der Waals surface area contributed by atoms with E-state index < -0.39 is 13.4 Å². The molecule has 2 atom stereocenters. The summed E-state index contributed by atoms with van der Waals surface area (Å²) in [7, 11) is -4.40. The van der Waals surface area contributed by atoms with Crippen molar-refractivity contribution in [1.82, 2.24) is 0 Å². The Balaban J connectivity index is 0.000000640. The Bertz CT molecular complexity index is 143. The second-order valence-electron chi connectivity index (χ2n) is 1.77. The zero-order chi connectivity index (χ0) is 6.36. The Labute approximate surface area is 82.7 Å². The molecule has 1 aliphatic rings. The maximum absolute atomic E-state index is 9.95. The maximum Gasteiger partial charge on any atom is 2.00 e. The summed E-state index contributed by atoms with van der Waals surface area (Å²) >= 11 is 0. The number of epoxide rings is 1. The quantitative estimate of drug-likeness (QED) is 0.270. The molecular weight excluding hydrogens is 171 g/mol. The predicted molar refractivity (Wildman–Crippen MR) is 27.7 cm³/mol. The summed E-state index contributed by atoms with van der Waals surface area (Å²) < 4.78 is 14.3. The third-order valence-electron chi connectivity index (χ3n) is 0.991. The van der Waals surface area contributed by atoms with Crippen molar-refractivity contribution < 1.29 is 19.1 Å². The van der Waals surface area contributed by atoms with Gasteiger partial charge in [0.25, 0.3) is 0 Å². The molecule has 1 rings (SSSR count). The second kappa shape index (κ2) is 3.18. The summed E-state index contributed by atoms with van der Waals surface area (Å²) in [5, 5.41) is 0. The molecule has 0 aromatic carbocycles. The van der Waals surface area contributed by atoms with Crippen molar-refractivity contribution in [3.63, 3.8) is 0 Å². The summed E-state index contributed by atoms with van der Waals surface area (Å²) in [6.07, 6.45) is -0.379. The van der Waals surface area contributed by atoms with Gasteiger partial charge in [-0.15, -0.1) is 0 Å². The van der Waals surface area contributed by atoms with Gasteiger partial charge in [-0.25, -0.2) is 0 Å². The largest absolute Gasteiger partial charge is 2.00 e. The first kappa shape index (κ1) is 10.4. The molecule has 48 valence electrons. The van der Waals surface area contributed by atoms with Crippen LogP contribution in [0.2, 0.25) is 0 Å². The Hall–Kier alpha value is 1.37. The minimum absolute atomic E-state index is 0. The van der Waals surface area contributed by atoms with Crippen molar-refractivity contribution in [3.05, 3.63) is 0 Å². The van der Waals surface area contributed by atoms with Crippen molar-refractivity contribution in [3.8, 4) is 0 Å². The van der Waals surface area contributed by atoms with Crippen LogP contribution in [0.3, 0.4) is 0 Å². The van der Waals surface area contributed by atoms with Gasteiger partial charge in [0.15, 0.2) is 0 Å². The van der Waals surface area contributed by atoms with Gasteiger partial charge >= 0.3 is 37.7 Å². The van der Waals surface area contributed by atoms with Crippen LogP contribution in [-0.4, -0.2) is 49.7 Å². The Morgan fingerprint density at radius 1 is 1.56 bits per heavy atom. The molecular formula is C3H5CaO4P. The van der Waals surface area contributed by atoms with E-state index in [0.29, 0.717) is 0 Å². The van der Waals surface area contributed by atoms with Crippen molar-refractivity contribution >= 4 is 45.3 Å². The van der Waals surface area contributed by atoms with Crippen LogP contribution in [0, 0.1) is 0 Å². The topological polar surface area (TPSA) is 75.7 Å². The minimum atomic E-state index is -4.40. The minimum Gasteiger partial charge on any atom is -0.809 e. The summed E-state index contributed by atoms with van der Waals surface area (Å²) in [4.78, 5) is 19.9. The molecule has 0 bridgehead atoms. The van der Waals surface area contributed by atoms with Gasteiger partial charge in [0.05, 0.1) is 6.10 Å². The summed E-state index contributed by atoms with van der Waals surface area (Å²) in [6.45, 7) is 1.55. The van der Waals surface area contributed by atoms with E-state index in [1.165, 1.54) is 0 Å². The number of hydrogen-bond acceptors (Lipinski definition) is 4. The summed E-state index contributed by atoms with van der Waals surface area (Å²) in [5.41, 5.74) is 0. The normalized spacial score (nSPS) is 33.2. The fourth-order valence-corrected chi connectivity index (χ4v) is 1.36. The molecule has 1 aliphatic heterocycles. The Morgan fingerprint density at radius 2 is 1.89 bits per heavy atom. The molecule has 0 amide bonds. The van der Waals surface area contributed by atoms with Crippen LogP contribution in [-0.2, 0) is 9.30 Å². The van der Waals surface area contributed by atoms with E-state index in [0.717, 1.165) is 0 Å². The first-order valence-corrected chi connectivity index (χ1v) is 3.80. The first-order chi connectivity index (χ1) is 3.52. The molecule has 9 heavy (non-hydrogen) atoms. The van der Waals surface area contributed by atoms with Gasteiger partial charge < -0.3 is 19.1 Å². The van der Waals surface area contributed by atoms with Crippen LogP contribution in [0.5, 0.6) is 0 Å². The average Bonchev–Trinajstić information content (AvgIpc) is 2.13. The smallest absolute Gasteiger partial charge is 0.809 e. The van der Waals surface area contributed by atoms with Gasteiger partial charge in [0, 0.05) is 0 Å². The SMILES string of the molecule is CC1OC1P(=O)([O-])[O-].[Ca+2]. The van der Waals surface area contributed by atoms with Crippen molar-refractivity contribution in [1.29, 1.82) is 0 Å². The van der Waals surface area contributed by atoms with Gasteiger partial charge in [-0.1, -0.05) is 0 Å². The van der Waals surface area contributed by atoms with E-state index in [4.69, 9.17) is 0 Å². The van der Waals surface area contributed by atoms with E-state index in [2.05, 4.69) is 4.74 Å². The molecule has 4 nitrogen and oxygen atoms in total. The second-order valence-corrected chi connectivity index (χ2v) is 3.36. The molecule has 0 aromatic rings. The summed E-state index contributed by atoms with van der Waals surface area (Å²) in [6, 6.07) is 0. The fourth-order valence-electron chi connectivity index (χ4n) is 0.506. The summed E-state index contributed by atoms with van der Waals surface area (Å²) in [5.74, 6) is -1.04. The average molecular weight is 176 g/mol. The van der Waals surface area contributed by atoms with Crippen LogP contribution in [0.1, 0.15) is 6.92 Å². The molecule has 1 fully saturated rings. The van der Waals surface area contributed by atoms with E-state index in [9.17, 15) is 14.4 Å². The van der Waals surface area contributed by atoms with Gasteiger partial charge in [0.1, 0.15) is 5.85 Å². The van der Waals surface area contributed by atoms with E-state index in [1.54, 1.807) is 6.92 Å². The number of ether oxygens (including phenoxy) is 1. The maximum atomic E-state index is 9.95. The molecule has 0 aromatic heterocycles. The van der Waals surface area contributed by atoms with Crippen LogP contribution < -0.4 is 9.79 Å². The molecule has 1 heterocycles. The molecule has 2 unspecified atom stereocenters. The third kappa shape index (κ3) is 2.85. The van der Waals surface area contributed by atoms with Crippen LogP contribution in [0.25, 0.3) is 0 Å². The monoisotopic (exact) mass is 176 g/mol. The molecule has 0 radical (unpaired) electrons. The zero-order valence-electron chi connectivity index (χ0n) is 4.94. The number of rotatable bonds is 1. The first-order valence-electron chi connectivity index (χ1n) is 2.19. The van der Waals surface area contributed by atoms with E-state index >= 15 is 0 Å². The molecule has 0 saturated carbocycles. The van der Waals surface area contributed by atoms with Gasteiger partial charge in [-0.2, -0.15) is 0 Å². The standard InChI is InChI=1S/C3H7O4P.Ca/c1-2-3(7-2)8(4,5)6;/h2-3H,1H3,(H2,4,5,6);/q;+2/p-2. The van der Waals surface area contributed by atoms with Crippen molar-refractivity contribution in [2.45, 2.75) is 18.9 Å². The van der Waals surface area contributed by atoms with Crippen LogP contribution in [0.4, 0.5) is 0 Å². The fraction of sp³-hybridized carbons (Fsp3) is 1.00. The molecule has 0 N–H and O–H groups in total. The Morgan fingerprint density at radius 3 is 1.89 bits per heavy atom. The molecule has 0 aliphatic carbocycles. The van der Waals surface area contributed by atoms with Crippen LogP contribution in [0.15, 0.2) is 0 Å². The zero-order valence-corrected chi connectivity index (χ0v) is 8.04. The van der Waals surface area contributed by atoms with Gasteiger partial charge in [-0.05, 0) is 14.5 Å². The van der Waals surface area contributed by atoms with E-state index in [-0.39, 0.29) is 43.8 Å². The molecule has 0 spiro atoms. The molecule has 6 heteroatoms.